The first-order valence-corrected chi connectivity index (χ1v) is 13.7. The van der Waals surface area contributed by atoms with E-state index in [1.807, 2.05) is 66.4 Å². The molecule has 2 amide bonds. The van der Waals surface area contributed by atoms with Gasteiger partial charge in [-0.15, -0.1) is 11.3 Å². The van der Waals surface area contributed by atoms with Crippen LogP contribution in [0, 0.1) is 0 Å². The number of carbonyl (C=O) groups excluding carboxylic acids is 2. The second-order valence-corrected chi connectivity index (χ2v) is 10.5. The van der Waals surface area contributed by atoms with Gasteiger partial charge in [-0.1, -0.05) is 61.0 Å². The minimum Gasteiger partial charge on any atom is -0.385 e. The third-order valence-corrected chi connectivity index (χ3v) is 8.04. The van der Waals surface area contributed by atoms with Gasteiger partial charge in [0, 0.05) is 36.7 Å². The summed E-state index contributed by atoms with van der Waals surface area (Å²) in [7, 11) is 1.65. The molecule has 7 heteroatoms. The lowest BCUT2D eigenvalue weighted by Gasteiger charge is -2.38. The standard InChI is InChI=1S/C29H33ClN2O3S/c1-3-24(21-8-5-4-6-9-21)29(34)31(16-7-18-35-2)20-27(33)32-17-14-26-25(15-19-36-26)28(32)22-10-12-23(30)13-11-22/h4-6,8-13,15,19,24,28H,3,7,14,16-18,20H2,1-2H3. The molecule has 4 rings (SSSR count). The van der Waals surface area contributed by atoms with E-state index in [4.69, 9.17) is 16.3 Å². The van der Waals surface area contributed by atoms with E-state index >= 15 is 0 Å². The number of ether oxygens (including phenoxy) is 1. The monoisotopic (exact) mass is 524 g/mol. The molecule has 5 nitrogen and oxygen atoms in total. The maximum atomic E-state index is 13.9. The van der Waals surface area contributed by atoms with Crippen molar-refractivity contribution in [3.63, 3.8) is 0 Å². The second kappa shape index (κ2) is 12.5. The maximum Gasteiger partial charge on any atom is 0.242 e. The first-order valence-electron chi connectivity index (χ1n) is 12.5. The summed E-state index contributed by atoms with van der Waals surface area (Å²) in [6.07, 6.45) is 2.17. The van der Waals surface area contributed by atoms with Gasteiger partial charge in [-0.25, -0.2) is 0 Å². The van der Waals surface area contributed by atoms with Crippen LogP contribution < -0.4 is 0 Å². The lowest BCUT2D eigenvalue weighted by atomic mass is 9.93. The highest BCUT2D eigenvalue weighted by Crippen LogP contribution is 2.38. The Labute approximate surface area is 222 Å². The number of nitrogens with zero attached hydrogens (tertiary/aromatic N) is 2. The first kappa shape index (κ1) is 26.4. The molecular weight excluding hydrogens is 492 g/mol. The van der Waals surface area contributed by atoms with Crippen LogP contribution >= 0.6 is 22.9 Å². The molecule has 0 radical (unpaired) electrons. The number of benzene rings is 2. The minimum atomic E-state index is -0.279. The Balaban J connectivity index is 1.59. The second-order valence-electron chi connectivity index (χ2n) is 9.07. The fraction of sp³-hybridized carbons (Fsp3) is 0.379. The zero-order valence-electron chi connectivity index (χ0n) is 20.9. The molecule has 1 aliphatic rings. The highest BCUT2D eigenvalue weighted by atomic mass is 35.5. The Kier molecular flexibility index (Phi) is 9.19. The van der Waals surface area contributed by atoms with Crippen LogP contribution in [-0.2, 0) is 20.7 Å². The van der Waals surface area contributed by atoms with E-state index in [0.717, 1.165) is 23.1 Å². The summed E-state index contributed by atoms with van der Waals surface area (Å²) in [6, 6.07) is 19.5. The van der Waals surface area contributed by atoms with Crippen molar-refractivity contribution in [1.82, 2.24) is 9.80 Å². The summed E-state index contributed by atoms with van der Waals surface area (Å²) in [5, 5.41) is 2.76. The molecule has 0 bridgehead atoms. The molecule has 1 aromatic heterocycles. The van der Waals surface area contributed by atoms with Crippen molar-refractivity contribution in [3.05, 3.63) is 92.6 Å². The number of fused-ring (bicyclic) bond motifs is 1. The van der Waals surface area contributed by atoms with Gasteiger partial charge in [-0.3, -0.25) is 9.59 Å². The van der Waals surface area contributed by atoms with Crippen LogP contribution in [0.1, 0.15) is 53.3 Å². The van der Waals surface area contributed by atoms with Gasteiger partial charge in [-0.05, 0) is 59.5 Å². The van der Waals surface area contributed by atoms with E-state index in [1.165, 1.54) is 4.88 Å². The van der Waals surface area contributed by atoms with E-state index in [9.17, 15) is 9.59 Å². The molecule has 2 heterocycles. The number of carbonyl (C=O) groups is 2. The fourth-order valence-corrected chi connectivity index (χ4v) is 6.00. The highest BCUT2D eigenvalue weighted by molar-refractivity contribution is 7.10. The molecule has 0 fully saturated rings. The fourth-order valence-electron chi connectivity index (χ4n) is 4.97. The smallest absolute Gasteiger partial charge is 0.242 e. The Morgan fingerprint density at radius 1 is 1.14 bits per heavy atom. The minimum absolute atomic E-state index is 0.00979. The van der Waals surface area contributed by atoms with Gasteiger partial charge < -0.3 is 14.5 Å². The maximum absolute atomic E-state index is 13.9. The quantitative estimate of drug-likeness (QED) is 0.309. The van der Waals surface area contributed by atoms with Crippen LogP contribution in [0.2, 0.25) is 5.02 Å². The van der Waals surface area contributed by atoms with E-state index in [2.05, 4.69) is 11.4 Å². The number of amides is 2. The summed E-state index contributed by atoms with van der Waals surface area (Å²) in [5.41, 5.74) is 3.17. The van der Waals surface area contributed by atoms with Crippen molar-refractivity contribution in [2.45, 2.75) is 38.1 Å². The third kappa shape index (κ3) is 6.00. The van der Waals surface area contributed by atoms with E-state index in [-0.39, 0.29) is 30.3 Å². The zero-order chi connectivity index (χ0) is 25.5. The third-order valence-electron chi connectivity index (χ3n) is 6.79. The number of hydrogen-bond acceptors (Lipinski definition) is 4. The molecule has 2 unspecified atom stereocenters. The van der Waals surface area contributed by atoms with Crippen LogP contribution in [0.4, 0.5) is 0 Å². The van der Waals surface area contributed by atoms with Crippen molar-refractivity contribution in [2.24, 2.45) is 0 Å². The molecule has 3 aromatic rings. The van der Waals surface area contributed by atoms with Crippen LogP contribution in [0.15, 0.2) is 66.0 Å². The van der Waals surface area contributed by atoms with Crippen molar-refractivity contribution >= 4 is 34.8 Å². The number of methoxy groups -OCH3 is 1. The molecule has 0 spiro atoms. The molecule has 0 saturated heterocycles. The average molecular weight is 525 g/mol. The molecule has 0 N–H and O–H groups in total. The topological polar surface area (TPSA) is 49.9 Å². The molecule has 2 atom stereocenters. The van der Waals surface area contributed by atoms with Crippen molar-refractivity contribution in [1.29, 1.82) is 0 Å². The summed E-state index contributed by atoms with van der Waals surface area (Å²) in [4.78, 5) is 32.6. The number of rotatable bonds is 10. The number of halogens is 1. The Hall–Kier alpha value is -2.67. The van der Waals surface area contributed by atoms with E-state index in [0.29, 0.717) is 37.6 Å². The SMILES string of the molecule is CCC(C(=O)N(CCCOC)CC(=O)N1CCc2sccc2C1c1ccc(Cl)cc1)c1ccccc1. The van der Waals surface area contributed by atoms with Crippen LogP contribution in [0.25, 0.3) is 0 Å². The van der Waals surface area contributed by atoms with Gasteiger partial charge in [0.25, 0.3) is 0 Å². The van der Waals surface area contributed by atoms with Crippen molar-refractivity contribution in [3.8, 4) is 0 Å². The highest BCUT2D eigenvalue weighted by Gasteiger charge is 2.35. The average Bonchev–Trinajstić information content (AvgIpc) is 3.38. The lowest BCUT2D eigenvalue weighted by Crippen LogP contribution is -2.48. The summed E-state index contributed by atoms with van der Waals surface area (Å²) < 4.78 is 5.24. The lowest BCUT2D eigenvalue weighted by molar-refractivity contribution is -0.142. The van der Waals surface area contributed by atoms with Gasteiger partial charge in [-0.2, -0.15) is 0 Å². The van der Waals surface area contributed by atoms with Crippen LogP contribution in [-0.4, -0.2) is 55.0 Å². The predicted molar refractivity (Wildman–Crippen MR) is 146 cm³/mol. The molecule has 0 saturated carbocycles. The largest absolute Gasteiger partial charge is 0.385 e. The summed E-state index contributed by atoms with van der Waals surface area (Å²) in [6.45, 7) is 3.70. The first-order chi connectivity index (χ1) is 17.5. The predicted octanol–water partition coefficient (Wildman–Crippen LogP) is 5.93. The van der Waals surface area contributed by atoms with Crippen molar-refractivity contribution < 1.29 is 14.3 Å². The van der Waals surface area contributed by atoms with Crippen molar-refractivity contribution in [2.75, 3.05) is 33.4 Å². The van der Waals surface area contributed by atoms with Gasteiger partial charge >= 0.3 is 0 Å². The molecule has 190 valence electrons. The summed E-state index contributed by atoms with van der Waals surface area (Å²) in [5.74, 6) is -0.330. The molecule has 2 aromatic carbocycles. The van der Waals surface area contributed by atoms with Gasteiger partial charge in [0.15, 0.2) is 0 Å². The van der Waals surface area contributed by atoms with Crippen LogP contribution in [0.3, 0.4) is 0 Å². The molecule has 36 heavy (non-hydrogen) atoms. The van der Waals surface area contributed by atoms with E-state index < -0.39 is 0 Å². The van der Waals surface area contributed by atoms with Crippen LogP contribution in [0.5, 0.6) is 0 Å². The van der Waals surface area contributed by atoms with Gasteiger partial charge in [0.05, 0.1) is 18.5 Å². The Morgan fingerprint density at radius 3 is 2.58 bits per heavy atom. The molecular formula is C29H33ClN2O3S. The van der Waals surface area contributed by atoms with Gasteiger partial charge in [0.1, 0.15) is 0 Å². The summed E-state index contributed by atoms with van der Waals surface area (Å²) >= 11 is 7.89. The Morgan fingerprint density at radius 2 is 1.89 bits per heavy atom. The molecule has 0 aliphatic carbocycles. The van der Waals surface area contributed by atoms with Gasteiger partial charge in [0.2, 0.25) is 11.8 Å². The molecule has 1 aliphatic heterocycles. The normalized spacial score (nSPS) is 15.9. The zero-order valence-corrected chi connectivity index (χ0v) is 22.4. The Bertz CT molecular complexity index is 1150. The van der Waals surface area contributed by atoms with E-state index in [1.54, 1.807) is 23.3 Å². The number of hydrogen-bond donors (Lipinski definition) is 0. The number of thiophene rings is 1.